The van der Waals surface area contributed by atoms with Crippen molar-refractivity contribution in [3.05, 3.63) is 44.7 Å². The van der Waals surface area contributed by atoms with E-state index in [0.717, 1.165) is 9.35 Å². The van der Waals surface area contributed by atoms with Crippen LogP contribution >= 0.6 is 27.3 Å². The maximum Gasteiger partial charge on any atom is 0.259 e. The van der Waals surface area contributed by atoms with Crippen molar-refractivity contribution in [2.75, 3.05) is 14.2 Å². The average Bonchev–Trinajstić information content (AvgIpc) is 2.83. The van der Waals surface area contributed by atoms with E-state index in [1.54, 1.807) is 41.6 Å². The summed E-state index contributed by atoms with van der Waals surface area (Å²) < 4.78 is 6.16. The van der Waals surface area contributed by atoms with Gasteiger partial charge in [0.2, 0.25) is 5.88 Å². The first-order chi connectivity index (χ1) is 9.11. The van der Waals surface area contributed by atoms with Crippen LogP contribution in [0.1, 0.15) is 15.9 Å². The molecule has 0 bridgehead atoms. The van der Waals surface area contributed by atoms with Crippen molar-refractivity contribution in [1.82, 2.24) is 9.88 Å². The molecular weight excluding hydrogens is 328 g/mol. The Kier molecular flexibility index (Phi) is 4.55. The third-order valence-electron chi connectivity index (χ3n) is 2.58. The Labute approximate surface area is 124 Å². The van der Waals surface area contributed by atoms with E-state index in [1.165, 1.54) is 7.11 Å². The molecule has 2 rings (SSSR count). The van der Waals surface area contributed by atoms with Gasteiger partial charge in [-0.15, -0.1) is 11.3 Å². The quantitative estimate of drug-likeness (QED) is 0.858. The lowest BCUT2D eigenvalue weighted by Crippen LogP contribution is -2.26. The standard InChI is InChI=1S/C13H13BrN2O2S/c1-16(7-9-6-11(14)19-8-9)13(17)10-4-3-5-15-12(10)18-2/h3-6,8H,7H2,1-2H3. The van der Waals surface area contributed by atoms with Gasteiger partial charge in [-0.1, -0.05) is 0 Å². The maximum absolute atomic E-state index is 12.3. The molecule has 2 aromatic heterocycles. The van der Waals surface area contributed by atoms with Crippen molar-refractivity contribution in [1.29, 1.82) is 0 Å². The van der Waals surface area contributed by atoms with Gasteiger partial charge in [0.05, 0.1) is 10.9 Å². The number of rotatable bonds is 4. The predicted octanol–water partition coefficient (Wildman–Crippen LogP) is 3.19. The van der Waals surface area contributed by atoms with E-state index in [0.29, 0.717) is 18.0 Å². The third kappa shape index (κ3) is 3.33. The minimum Gasteiger partial charge on any atom is -0.480 e. The highest BCUT2D eigenvalue weighted by Crippen LogP contribution is 2.22. The number of pyridine rings is 1. The molecule has 2 heterocycles. The summed E-state index contributed by atoms with van der Waals surface area (Å²) in [7, 11) is 3.27. The molecule has 0 N–H and O–H groups in total. The summed E-state index contributed by atoms with van der Waals surface area (Å²) in [4.78, 5) is 18.0. The highest BCUT2D eigenvalue weighted by Gasteiger charge is 2.17. The lowest BCUT2D eigenvalue weighted by molar-refractivity contribution is 0.0781. The van der Waals surface area contributed by atoms with Crippen molar-refractivity contribution in [2.45, 2.75) is 6.54 Å². The Hall–Kier alpha value is -1.40. The lowest BCUT2D eigenvalue weighted by Gasteiger charge is -2.17. The van der Waals surface area contributed by atoms with Gasteiger partial charge in [0, 0.05) is 19.8 Å². The van der Waals surface area contributed by atoms with Crippen LogP contribution in [0.25, 0.3) is 0 Å². The molecule has 0 aliphatic heterocycles. The van der Waals surface area contributed by atoms with E-state index in [1.807, 2.05) is 11.4 Å². The molecule has 0 spiro atoms. The number of nitrogens with zero attached hydrogens (tertiary/aromatic N) is 2. The molecule has 100 valence electrons. The number of methoxy groups -OCH3 is 1. The zero-order valence-corrected chi connectivity index (χ0v) is 13.0. The van der Waals surface area contributed by atoms with Crippen LogP contribution in [0, 0.1) is 0 Å². The summed E-state index contributed by atoms with van der Waals surface area (Å²) in [5.74, 6) is 0.248. The molecule has 0 radical (unpaired) electrons. The first-order valence-corrected chi connectivity index (χ1v) is 7.26. The highest BCUT2D eigenvalue weighted by molar-refractivity contribution is 9.11. The van der Waals surface area contributed by atoms with Crippen molar-refractivity contribution in [3.63, 3.8) is 0 Å². The van der Waals surface area contributed by atoms with Gasteiger partial charge < -0.3 is 9.64 Å². The highest BCUT2D eigenvalue weighted by atomic mass is 79.9. The molecule has 0 aliphatic rings. The fourth-order valence-electron chi connectivity index (χ4n) is 1.70. The van der Waals surface area contributed by atoms with Crippen LogP contribution in [-0.4, -0.2) is 29.9 Å². The van der Waals surface area contributed by atoms with E-state index in [4.69, 9.17) is 4.74 Å². The largest absolute Gasteiger partial charge is 0.480 e. The first-order valence-electron chi connectivity index (χ1n) is 5.59. The summed E-state index contributed by atoms with van der Waals surface area (Å²) >= 11 is 5.02. The fourth-order valence-corrected chi connectivity index (χ4v) is 2.90. The molecule has 0 saturated heterocycles. The molecule has 2 aromatic rings. The Morgan fingerprint density at radius 2 is 2.37 bits per heavy atom. The van der Waals surface area contributed by atoms with Crippen LogP contribution in [0.2, 0.25) is 0 Å². The Balaban J connectivity index is 2.14. The summed E-state index contributed by atoms with van der Waals surface area (Å²) in [5.41, 5.74) is 1.57. The monoisotopic (exact) mass is 340 g/mol. The second-order valence-corrected chi connectivity index (χ2v) is 6.27. The minimum atomic E-state index is -0.104. The van der Waals surface area contributed by atoms with Gasteiger partial charge in [0.15, 0.2) is 0 Å². The van der Waals surface area contributed by atoms with Gasteiger partial charge in [0.1, 0.15) is 5.56 Å². The fraction of sp³-hybridized carbons (Fsp3) is 0.231. The number of hydrogen-bond acceptors (Lipinski definition) is 4. The lowest BCUT2D eigenvalue weighted by atomic mass is 10.2. The number of amides is 1. The number of hydrogen-bond donors (Lipinski definition) is 0. The van der Waals surface area contributed by atoms with Gasteiger partial charge in [0.25, 0.3) is 5.91 Å². The number of carbonyl (C=O) groups excluding carboxylic acids is 1. The van der Waals surface area contributed by atoms with Gasteiger partial charge in [-0.3, -0.25) is 4.79 Å². The molecule has 0 fully saturated rings. The topological polar surface area (TPSA) is 42.4 Å². The van der Waals surface area contributed by atoms with Crippen molar-refractivity contribution < 1.29 is 9.53 Å². The van der Waals surface area contributed by atoms with E-state index in [9.17, 15) is 4.79 Å². The van der Waals surface area contributed by atoms with E-state index in [-0.39, 0.29) is 5.91 Å². The molecule has 0 aliphatic carbocycles. The molecule has 4 nitrogen and oxygen atoms in total. The van der Waals surface area contributed by atoms with Gasteiger partial charge in [-0.2, -0.15) is 0 Å². The first kappa shape index (κ1) is 14.0. The minimum absolute atomic E-state index is 0.104. The van der Waals surface area contributed by atoms with Crippen molar-refractivity contribution in [2.24, 2.45) is 0 Å². The summed E-state index contributed by atoms with van der Waals surface area (Å²) in [6, 6.07) is 5.45. The number of thiophene rings is 1. The SMILES string of the molecule is COc1ncccc1C(=O)N(C)Cc1csc(Br)c1. The molecule has 0 atom stereocenters. The summed E-state index contributed by atoms with van der Waals surface area (Å²) in [6.07, 6.45) is 1.60. The zero-order valence-electron chi connectivity index (χ0n) is 10.6. The second kappa shape index (κ2) is 6.16. The van der Waals surface area contributed by atoms with Crippen LogP contribution in [-0.2, 0) is 6.54 Å². The Bertz CT molecular complexity index is 586. The number of ether oxygens (including phenoxy) is 1. The van der Waals surface area contributed by atoms with E-state index >= 15 is 0 Å². The normalized spacial score (nSPS) is 10.3. The zero-order chi connectivity index (χ0) is 13.8. The number of carbonyl (C=O) groups is 1. The average molecular weight is 341 g/mol. The van der Waals surface area contributed by atoms with Crippen molar-refractivity contribution >= 4 is 33.2 Å². The Morgan fingerprint density at radius 3 is 3.00 bits per heavy atom. The van der Waals surface area contributed by atoms with Crippen LogP contribution in [0.3, 0.4) is 0 Å². The molecule has 0 saturated carbocycles. The van der Waals surface area contributed by atoms with E-state index < -0.39 is 0 Å². The van der Waals surface area contributed by atoms with Gasteiger partial charge >= 0.3 is 0 Å². The van der Waals surface area contributed by atoms with Crippen LogP contribution in [0.4, 0.5) is 0 Å². The summed E-state index contributed by atoms with van der Waals surface area (Å²) in [5, 5.41) is 2.02. The maximum atomic E-state index is 12.3. The van der Waals surface area contributed by atoms with Crippen molar-refractivity contribution in [3.8, 4) is 5.88 Å². The molecule has 19 heavy (non-hydrogen) atoms. The van der Waals surface area contributed by atoms with Crippen LogP contribution < -0.4 is 4.74 Å². The Morgan fingerprint density at radius 1 is 1.58 bits per heavy atom. The molecule has 1 amide bonds. The third-order valence-corrected chi connectivity index (χ3v) is 4.14. The molecular formula is C13H13BrN2O2S. The smallest absolute Gasteiger partial charge is 0.259 e. The van der Waals surface area contributed by atoms with Crippen LogP contribution in [0.15, 0.2) is 33.6 Å². The predicted molar refractivity (Wildman–Crippen MR) is 78.6 cm³/mol. The van der Waals surface area contributed by atoms with Gasteiger partial charge in [-0.25, -0.2) is 4.98 Å². The molecule has 0 unspecified atom stereocenters. The van der Waals surface area contributed by atoms with E-state index in [2.05, 4.69) is 20.9 Å². The molecule has 6 heteroatoms. The van der Waals surface area contributed by atoms with Gasteiger partial charge in [-0.05, 0) is 45.1 Å². The molecule has 0 aromatic carbocycles. The second-order valence-electron chi connectivity index (χ2n) is 3.98. The van der Waals surface area contributed by atoms with Crippen LogP contribution in [0.5, 0.6) is 5.88 Å². The number of halogens is 1. The number of aromatic nitrogens is 1. The summed E-state index contributed by atoms with van der Waals surface area (Å²) in [6.45, 7) is 0.555.